The van der Waals surface area contributed by atoms with Gasteiger partial charge in [-0.3, -0.25) is 0 Å². The molecule has 19 heavy (non-hydrogen) atoms. The Balaban J connectivity index is 2.25. The number of thioether (sulfide) groups is 1. The molecule has 2 aromatic heterocycles. The molecule has 0 saturated carbocycles. The van der Waals surface area contributed by atoms with Crippen LogP contribution >= 0.6 is 23.1 Å². The first kappa shape index (κ1) is 14.1. The van der Waals surface area contributed by atoms with Crippen LogP contribution in [0.4, 0.5) is 11.6 Å². The van der Waals surface area contributed by atoms with E-state index in [9.17, 15) is 0 Å². The molecule has 2 rings (SSSR count). The topological polar surface area (TPSA) is 104 Å². The van der Waals surface area contributed by atoms with E-state index in [1.54, 1.807) is 17.4 Å². The largest absolute Gasteiger partial charge is 0.383 e. The lowest BCUT2D eigenvalue weighted by Gasteiger charge is -2.20. The van der Waals surface area contributed by atoms with Gasteiger partial charge in [0.1, 0.15) is 11.6 Å². The fraction of sp³-hybridized carbons (Fsp3) is 0.333. The second-order valence-corrected chi connectivity index (χ2v) is 6.21. The van der Waals surface area contributed by atoms with Gasteiger partial charge in [0, 0.05) is 17.0 Å². The third-order valence-corrected chi connectivity index (χ3v) is 5.02. The normalized spacial score (nSPS) is 14.2. The summed E-state index contributed by atoms with van der Waals surface area (Å²) >= 11 is 3.19. The Hall–Kier alpha value is -1.31. The molecule has 7 heteroatoms. The summed E-state index contributed by atoms with van der Waals surface area (Å²) in [6.45, 7) is 2.07. The Morgan fingerprint density at radius 3 is 2.53 bits per heavy atom. The average Bonchev–Trinajstić information content (AvgIpc) is 2.87. The van der Waals surface area contributed by atoms with Crippen molar-refractivity contribution in [3.05, 3.63) is 28.5 Å². The summed E-state index contributed by atoms with van der Waals surface area (Å²) in [6.07, 6.45) is 0.882. The van der Waals surface area contributed by atoms with Crippen molar-refractivity contribution >= 4 is 34.7 Å². The van der Waals surface area contributed by atoms with Gasteiger partial charge in [-0.1, -0.05) is 24.8 Å². The number of nitrogen functional groups attached to an aromatic ring is 2. The Morgan fingerprint density at radius 1 is 1.32 bits per heavy atom. The molecule has 0 amide bonds. The molecule has 0 fully saturated rings. The molecule has 0 aromatic carbocycles. The van der Waals surface area contributed by atoms with Crippen molar-refractivity contribution in [2.75, 3.05) is 11.5 Å². The van der Waals surface area contributed by atoms with Gasteiger partial charge in [0.05, 0.1) is 5.25 Å². The lowest BCUT2D eigenvalue weighted by molar-refractivity contribution is 0.638. The zero-order valence-electron chi connectivity index (χ0n) is 10.6. The second kappa shape index (κ2) is 6.23. The van der Waals surface area contributed by atoms with E-state index in [4.69, 9.17) is 17.2 Å². The Labute approximate surface area is 120 Å². The van der Waals surface area contributed by atoms with Crippen LogP contribution in [0.1, 0.15) is 23.5 Å². The van der Waals surface area contributed by atoms with Crippen LogP contribution in [0.5, 0.6) is 0 Å². The number of aromatic nitrogens is 2. The zero-order chi connectivity index (χ0) is 13.8. The highest BCUT2D eigenvalue weighted by Gasteiger charge is 2.22. The molecule has 2 aromatic rings. The molecule has 2 unspecified atom stereocenters. The van der Waals surface area contributed by atoms with Crippen LogP contribution in [0.3, 0.4) is 0 Å². The molecule has 2 atom stereocenters. The van der Waals surface area contributed by atoms with Crippen LogP contribution in [-0.2, 0) is 0 Å². The van der Waals surface area contributed by atoms with Crippen LogP contribution < -0.4 is 17.2 Å². The minimum Gasteiger partial charge on any atom is -0.383 e. The molecule has 0 aliphatic heterocycles. The first-order valence-corrected chi connectivity index (χ1v) is 7.71. The SMILES string of the molecule is CCC(N)C(Sc1nc(N)cc(N)n1)c1cccs1. The highest BCUT2D eigenvalue weighted by molar-refractivity contribution is 7.99. The van der Waals surface area contributed by atoms with Crippen LogP contribution in [0.15, 0.2) is 28.7 Å². The molecule has 5 nitrogen and oxygen atoms in total. The van der Waals surface area contributed by atoms with Gasteiger partial charge >= 0.3 is 0 Å². The van der Waals surface area contributed by atoms with Crippen LogP contribution in [0.25, 0.3) is 0 Å². The van der Waals surface area contributed by atoms with Gasteiger partial charge in [0.15, 0.2) is 5.16 Å². The highest BCUT2D eigenvalue weighted by Crippen LogP contribution is 2.38. The molecular formula is C12H17N5S2. The first-order chi connectivity index (χ1) is 9.10. The Bertz CT molecular complexity index is 509. The van der Waals surface area contributed by atoms with E-state index in [1.165, 1.54) is 16.6 Å². The summed E-state index contributed by atoms with van der Waals surface area (Å²) in [4.78, 5) is 9.61. The molecule has 102 valence electrons. The van der Waals surface area contributed by atoms with Gasteiger partial charge in [0.2, 0.25) is 0 Å². The monoisotopic (exact) mass is 295 g/mol. The van der Waals surface area contributed by atoms with Crippen LogP contribution in [0, 0.1) is 0 Å². The predicted molar refractivity (Wildman–Crippen MR) is 82.0 cm³/mol. The summed E-state index contributed by atoms with van der Waals surface area (Å²) in [5.41, 5.74) is 17.6. The summed E-state index contributed by atoms with van der Waals surface area (Å²) in [5, 5.41) is 2.73. The molecule has 0 aliphatic carbocycles. The van der Waals surface area contributed by atoms with Crippen molar-refractivity contribution in [3.8, 4) is 0 Å². The highest BCUT2D eigenvalue weighted by atomic mass is 32.2. The molecule has 0 bridgehead atoms. The molecule has 0 spiro atoms. The number of nitrogens with two attached hydrogens (primary N) is 3. The quantitative estimate of drug-likeness (QED) is 0.577. The van der Waals surface area contributed by atoms with Crippen LogP contribution in [-0.4, -0.2) is 16.0 Å². The van der Waals surface area contributed by atoms with Crippen molar-refractivity contribution in [2.45, 2.75) is 29.8 Å². The summed E-state index contributed by atoms with van der Waals surface area (Å²) in [7, 11) is 0. The minimum absolute atomic E-state index is 0.0369. The van der Waals surface area contributed by atoms with E-state index in [0.717, 1.165) is 6.42 Å². The van der Waals surface area contributed by atoms with Crippen molar-refractivity contribution < 1.29 is 0 Å². The number of hydrogen-bond acceptors (Lipinski definition) is 7. The van der Waals surface area contributed by atoms with Crippen molar-refractivity contribution in [2.24, 2.45) is 5.73 Å². The second-order valence-electron chi connectivity index (χ2n) is 4.13. The lowest BCUT2D eigenvalue weighted by Crippen LogP contribution is -2.25. The van der Waals surface area contributed by atoms with Crippen molar-refractivity contribution in [1.82, 2.24) is 9.97 Å². The Morgan fingerprint density at radius 2 is 2.00 bits per heavy atom. The lowest BCUT2D eigenvalue weighted by atomic mass is 10.1. The van der Waals surface area contributed by atoms with E-state index >= 15 is 0 Å². The fourth-order valence-corrected chi connectivity index (χ4v) is 3.85. The third kappa shape index (κ3) is 3.59. The number of rotatable bonds is 5. The number of thiophene rings is 1. The fourth-order valence-electron chi connectivity index (χ4n) is 1.65. The summed E-state index contributed by atoms with van der Waals surface area (Å²) < 4.78 is 0. The summed E-state index contributed by atoms with van der Waals surface area (Å²) in [5.74, 6) is 0.759. The third-order valence-electron chi connectivity index (χ3n) is 2.66. The molecule has 2 heterocycles. The summed E-state index contributed by atoms with van der Waals surface area (Å²) in [6, 6.07) is 5.68. The predicted octanol–water partition coefficient (Wildman–Crippen LogP) is 2.27. The minimum atomic E-state index is 0.0369. The van der Waals surface area contributed by atoms with Gasteiger partial charge in [-0.15, -0.1) is 11.3 Å². The van der Waals surface area contributed by atoms with Gasteiger partial charge in [0.25, 0.3) is 0 Å². The van der Waals surface area contributed by atoms with E-state index < -0.39 is 0 Å². The smallest absolute Gasteiger partial charge is 0.192 e. The van der Waals surface area contributed by atoms with Crippen molar-refractivity contribution in [3.63, 3.8) is 0 Å². The maximum absolute atomic E-state index is 6.20. The van der Waals surface area contributed by atoms with E-state index in [-0.39, 0.29) is 11.3 Å². The molecule has 6 N–H and O–H groups in total. The van der Waals surface area contributed by atoms with Gasteiger partial charge in [-0.2, -0.15) is 0 Å². The Kier molecular flexibility index (Phi) is 4.62. The van der Waals surface area contributed by atoms with Gasteiger partial charge < -0.3 is 17.2 Å². The maximum Gasteiger partial charge on any atom is 0.192 e. The van der Waals surface area contributed by atoms with Crippen LogP contribution in [0.2, 0.25) is 0 Å². The van der Waals surface area contributed by atoms with Gasteiger partial charge in [-0.25, -0.2) is 9.97 Å². The van der Waals surface area contributed by atoms with Crippen molar-refractivity contribution in [1.29, 1.82) is 0 Å². The molecule has 0 radical (unpaired) electrons. The zero-order valence-corrected chi connectivity index (χ0v) is 12.2. The van der Waals surface area contributed by atoms with E-state index in [2.05, 4.69) is 23.0 Å². The molecule has 0 saturated heterocycles. The maximum atomic E-state index is 6.20. The van der Waals surface area contributed by atoms with Gasteiger partial charge in [-0.05, 0) is 17.9 Å². The standard InChI is InChI=1S/C12H17N5S2/c1-2-7(13)11(8-4-3-5-18-8)19-12-16-9(14)6-10(15)17-12/h3-7,11H,2,13H2,1H3,(H4,14,15,16,17). The number of nitrogens with zero attached hydrogens (tertiary/aromatic N) is 2. The average molecular weight is 295 g/mol. The van der Waals surface area contributed by atoms with E-state index in [1.807, 2.05) is 11.4 Å². The number of hydrogen-bond donors (Lipinski definition) is 3. The molecular weight excluding hydrogens is 278 g/mol. The molecule has 0 aliphatic rings. The number of anilines is 2. The van der Waals surface area contributed by atoms with E-state index in [0.29, 0.717) is 16.8 Å². The first-order valence-electron chi connectivity index (χ1n) is 5.95.